The molecule has 0 bridgehead atoms. The molecule has 0 aromatic carbocycles. The molecule has 7 nitrogen and oxygen atoms in total. The number of aliphatic hydroxyl groups is 1. The highest BCUT2D eigenvalue weighted by Crippen LogP contribution is 2.22. The number of ether oxygens (including phenoxy) is 1. The standard InChI is InChI=1S/C11H15N5O2/c1-7(2)10-12-4-9(8(5-17)14-10)18-11-13-6-16(3)15-11/h4,6-7,17H,5H2,1-3H3. The second kappa shape index (κ2) is 5.09. The lowest BCUT2D eigenvalue weighted by Crippen LogP contribution is -2.04. The van der Waals surface area contributed by atoms with Gasteiger partial charge in [-0.3, -0.25) is 4.68 Å². The van der Waals surface area contributed by atoms with Crippen LogP contribution in [0, 0.1) is 0 Å². The fourth-order valence-corrected chi connectivity index (χ4v) is 1.36. The van der Waals surface area contributed by atoms with Crippen LogP contribution in [0.5, 0.6) is 11.8 Å². The largest absolute Gasteiger partial charge is 0.420 e. The Bertz CT molecular complexity index is 538. The maximum absolute atomic E-state index is 9.29. The minimum atomic E-state index is -0.218. The number of hydrogen-bond donors (Lipinski definition) is 1. The lowest BCUT2D eigenvalue weighted by Gasteiger charge is -2.09. The second-order valence-electron chi connectivity index (χ2n) is 4.15. The highest BCUT2D eigenvalue weighted by molar-refractivity contribution is 5.27. The number of aryl methyl sites for hydroxylation is 1. The first-order valence-corrected chi connectivity index (χ1v) is 5.60. The Morgan fingerprint density at radius 1 is 1.39 bits per heavy atom. The van der Waals surface area contributed by atoms with Gasteiger partial charge in [0.15, 0.2) is 5.75 Å². The first-order chi connectivity index (χ1) is 8.60. The number of rotatable bonds is 4. The Labute approximate surface area is 104 Å². The minimum Gasteiger partial charge on any atom is -0.420 e. The summed E-state index contributed by atoms with van der Waals surface area (Å²) in [5.74, 6) is 1.23. The van der Waals surface area contributed by atoms with E-state index in [1.54, 1.807) is 7.05 Å². The van der Waals surface area contributed by atoms with Crippen LogP contribution in [-0.2, 0) is 13.7 Å². The Kier molecular flexibility index (Phi) is 3.52. The first kappa shape index (κ1) is 12.4. The van der Waals surface area contributed by atoms with Crippen LogP contribution in [-0.4, -0.2) is 29.8 Å². The summed E-state index contributed by atoms with van der Waals surface area (Å²) in [5, 5.41) is 13.3. The maximum Gasteiger partial charge on any atom is 0.341 e. The fraction of sp³-hybridized carbons (Fsp3) is 0.455. The fourth-order valence-electron chi connectivity index (χ4n) is 1.36. The molecular weight excluding hydrogens is 234 g/mol. The zero-order valence-corrected chi connectivity index (χ0v) is 10.5. The van der Waals surface area contributed by atoms with Gasteiger partial charge in [0, 0.05) is 13.0 Å². The molecular formula is C11H15N5O2. The van der Waals surface area contributed by atoms with Crippen LogP contribution in [0.15, 0.2) is 12.5 Å². The van der Waals surface area contributed by atoms with Crippen molar-refractivity contribution in [1.29, 1.82) is 0 Å². The Balaban J connectivity index is 2.27. The molecule has 0 aliphatic heterocycles. The van der Waals surface area contributed by atoms with Crippen molar-refractivity contribution in [2.24, 2.45) is 7.05 Å². The molecule has 18 heavy (non-hydrogen) atoms. The van der Waals surface area contributed by atoms with E-state index in [4.69, 9.17) is 4.74 Å². The lowest BCUT2D eigenvalue weighted by atomic mass is 10.2. The third-order valence-electron chi connectivity index (χ3n) is 2.29. The number of hydrogen-bond acceptors (Lipinski definition) is 6. The van der Waals surface area contributed by atoms with Crippen molar-refractivity contribution in [3.05, 3.63) is 24.0 Å². The van der Waals surface area contributed by atoms with E-state index in [1.807, 2.05) is 13.8 Å². The molecule has 0 aliphatic rings. The molecule has 0 spiro atoms. The van der Waals surface area contributed by atoms with Crippen LogP contribution >= 0.6 is 0 Å². The molecule has 2 aromatic rings. The van der Waals surface area contributed by atoms with Crippen molar-refractivity contribution in [3.63, 3.8) is 0 Å². The van der Waals surface area contributed by atoms with Gasteiger partial charge in [0.1, 0.15) is 17.8 Å². The highest BCUT2D eigenvalue weighted by Gasteiger charge is 2.12. The molecule has 0 atom stereocenters. The summed E-state index contributed by atoms with van der Waals surface area (Å²) in [7, 11) is 1.74. The van der Waals surface area contributed by atoms with Gasteiger partial charge in [0.05, 0.1) is 12.8 Å². The molecule has 0 radical (unpaired) electrons. The van der Waals surface area contributed by atoms with E-state index in [2.05, 4.69) is 20.1 Å². The molecule has 0 fully saturated rings. The second-order valence-corrected chi connectivity index (χ2v) is 4.15. The normalized spacial score (nSPS) is 10.9. The summed E-state index contributed by atoms with van der Waals surface area (Å²) in [6.07, 6.45) is 3.06. The minimum absolute atomic E-state index is 0.192. The topological polar surface area (TPSA) is 86.0 Å². The monoisotopic (exact) mass is 249 g/mol. The zero-order valence-electron chi connectivity index (χ0n) is 10.5. The van der Waals surface area contributed by atoms with Gasteiger partial charge in [-0.1, -0.05) is 13.8 Å². The average molecular weight is 249 g/mol. The predicted molar refractivity (Wildman–Crippen MR) is 63.1 cm³/mol. The maximum atomic E-state index is 9.29. The van der Waals surface area contributed by atoms with Crippen molar-refractivity contribution >= 4 is 0 Å². The van der Waals surface area contributed by atoms with Gasteiger partial charge in [0.25, 0.3) is 0 Å². The first-order valence-electron chi connectivity index (χ1n) is 5.60. The smallest absolute Gasteiger partial charge is 0.341 e. The lowest BCUT2D eigenvalue weighted by molar-refractivity contribution is 0.268. The van der Waals surface area contributed by atoms with Crippen molar-refractivity contribution in [2.75, 3.05) is 0 Å². The summed E-state index contributed by atoms with van der Waals surface area (Å²) in [5.41, 5.74) is 0.432. The van der Waals surface area contributed by atoms with Gasteiger partial charge in [-0.2, -0.15) is 4.98 Å². The third kappa shape index (κ3) is 2.62. The van der Waals surface area contributed by atoms with E-state index < -0.39 is 0 Å². The number of nitrogens with zero attached hydrogens (tertiary/aromatic N) is 5. The Morgan fingerprint density at radius 2 is 2.17 bits per heavy atom. The average Bonchev–Trinajstić information content (AvgIpc) is 2.75. The van der Waals surface area contributed by atoms with Gasteiger partial charge in [-0.25, -0.2) is 9.97 Å². The molecule has 7 heteroatoms. The van der Waals surface area contributed by atoms with Crippen molar-refractivity contribution in [2.45, 2.75) is 26.4 Å². The molecule has 2 heterocycles. The quantitative estimate of drug-likeness (QED) is 0.870. The van der Waals surface area contributed by atoms with E-state index >= 15 is 0 Å². The van der Waals surface area contributed by atoms with Crippen molar-refractivity contribution in [3.8, 4) is 11.8 Å². The molecule has 96 valence electrons. The van der Waals surface area contributed by atoms with Crippen molar-refractivity contribution < 1.29 is 9.84 Å². The van der Waals surface area contributed by atoms with Gasteiger partial charge in [-0.05, 0) is 0 Å². The van der Waals surface area contributed by atoms with E-state index in [0.717, 1.165) is 0 Å². The summed E-state index contributed by atoms with van der Waals surface area (Å²) in [6.45, 7) is 3.75. The van der Waals surface area contributed by atoms with E-state index in [0.29, 0.717) is 17.3 Å². The molecule has 0 saturated heterocycles. The summed E-state index contributed by atoms with van der Waals surface area (Å²) in [6, 6.07) is 0.202. The van der Waals surface area contributed by atoms with Crippen LogP contribution < -0.4 is 4.74 Å². The molecule has 0 aliphatic carbocycles. The summed E-state index contributed by atoms with van der Waals surface area (Å²) < 4.78 is 6.95. The summed E-state index contributed by atoms with van der Waals surface area (Å²) >= 11 is 0. The summed E-state index contributed by atoms with van der Waals surface area (Å²) in [4.78, 5) is 12.4. The van der Waals surface area contributed by atoms with Crippen LogP contribution in [0.1, 0.15) is 31.3 Å². The van der Waals surface area contributed by atoms with Gasteiger partial charge in [0.2, 0.25) is 0 Å². The molecule has 0 saturated carbocycles. The van der Waals surface area contributed by atoms with E-state index in [-0.39, 0.29) is 18.5 Å². The predicted octanol–water partition coefficient (Wildman–Crippen LogP) is 1.01. The number of aliphatic hydroxyl groups excluding tert-OH is 1. The van der Waals surface area contributed by atoms with Crippen LogP contribution in [0.2, 0.25) is 0 Å². The molecule has 1 N–H and O–H groups in total. The SMILES string of the molecule is CC(C)c1ncc(Oc2ncn(C)n2)c(CO)n1. The highest BCUT2D eigenvalue weighted by atomic mass is 16.5. The van der Waals surface area contributed by atoms with Crippen molar-refractivity contribution in [1.82, 2.24) is 24.7 Å². The molecule has 0 unspecified atom stereocenters. The zero-order chi connectivity index (χ0) is 13.1. The van der Waals surface area contributed by atoms with Crippen LogP contribution in [0.3, 0.4) is 0 Å². The third-order valence-corrected chi connectivity index (χ3v) is 2.29. The van der Waals surface area contributed by atoms with Crippen LogP contribution in [0.25, 0.3) is 0 Å². The molecule has 0 amide bonds. The Morgan fingerprint density at radius 3 is 2.72 bits per heavy atom. The van der Waals surface area contributed by atoms with E-state index in [9.17, 15) is 5.11 Å². The Hall–Kier alpha value is -2.02. The van der Waals surface area contributed by atoms with Gasteiger partial charge < -0.3 is 9.84 Å². The molecule has 2 rings (SSSR count). The molecule has 2 aromatic heterocycles. The van der Waals surface area contributed by atoms with Crippen LogP contribution in [0.4, 0.5) is 0 Å². The van der Waals surface area contributed by atoms with Gasteiger partial charge >= 0.3 is 6.01 Å². The number of aromatic nitrogens is 5. The van der Waals surface area contributed by atoms with E-state index in [1.165, 1.54) is 17.2 Å². The van der Waals surface area contributed by atoms with Gasteiger partial charge in [-0.15, -0.1) is 5.10 Å².